The summed E-state index contributed by atoms with van der Waals surface area (Å²) in [4.78, 5) is 11.3. The molecule has 6 heteroatoms. The van der Waals surface area contributed by atoms with E-state index in [1.165, 1.54) is 0 Å². The Kier molecular flexibility index (Phi) is 4.43. The Labute approximate surface area is 113 Å². The summed E-state index contributed by atoms with van der Waals surface area (Å²) in [6.45, 7) is 7.19. The van der Waals surface area contributed by atoms with E-state index in [2.05, 4.69) is 21.6 Å². The molecule has 1 rings (SSSR count). The molecule has 6 nitrogen and oxygen atoms in total. The van der Waals surface area contributed by atoms with Gasteiger partial charge in [0.2, 0.25) is 5.91 Å². The Bertz CT molecular complexity index is 531. The van der Waals surface area contributed by atoms with Gasteiger partial charge < -0.3 is 11.1 Å². The van der Waals surface area contributed by atoms with Crippen LogP contribution >= 0.6 is 0 Å². The lowest BCUT2D eigenvalue weighted by atomic mass is 10.0. The highest BCUT2D eigenvalue weighted by molar-refractivity contribution is 5.87. The predicted octanol–water partition coefficient (Wildman–Crippen LogP) is 1.15. The Morgan fingerprint density at radius 2 is 2.00 bits per heavy atom. The Balaban J connectivity index is 3.31. The van der Waals surface area contributed by atoms with Gasteiger partial charge in [-0.25, -0.2) is 0 Å². The van der Waals surface area contributed by atoms with Crippen LogP contribution < -0.4 is 11.1 Å². The summed E-state index contributed by atoms with van der Waals surface area (Å²) in [7, 11) is 0. The summed E-state index contributed by atoms with van der Waals surface area (Å²) < 4.78 is 0. The molecule has 19 heavy (non-hydrogen) atoms. The molecule has 0 radical (unpaired) electrons. The van der Waals surface area contributed by atoms with Gasteiger partial charge in [0.15, 0.2) is 5.82 Å². The highest BCUT2D eigenvalue weighted by Gasteiger charge is 2.27. The molecule has 0 aliphatic rings. The zero-order chi connectivity index (χ0) is 14.6. The standard InChI is InChI=1S/C13H19N5O/c1-5-8-9(7-14)11(18-17-10(8)6-2)16-13(3,4)12(15)19/h5-6H2,1-4H3,(H2,15,19)(H,16,18). The minimum atomic E-state index is -0.987. The first-order chi connectivity index (χ1) is 8.87. The third-order valence-corrected chi connectivity index (χ3v) is 3.00. The average molecular weight is 261 g/mol. The quantitative estimate of drug-likeness (QED) is 0.827. The lowest BCUT2D eigenvalue weighted by Crippen LogP contribution is -2.45. The lowest BCUT2D eigenvalue weighted by Gasteiger charge is -2.24. The number of nitriles is 1. The van der Waals surface area contributed by atoms with Gasteiger partial charge in [-0.3, -0.25) is 4.79 Å². The van der Waals surface area contributed by atoms with Crippen molar-refractivity contribution in [1.29, 1.82) is 5.26 Å². The number of aryl methyl sites for hydroxylation is 1. The topological polar surface area (TPSA) is 105 Å². The zero-order valence-electron chi connectivity index (χ0n) is 11.7. The Morgan fingerprint density at radius 1 is 1.37 bits per heavy atom. The van der Waals surface area contributed by atoms with E-state index >= 15 is 0 Å². The number of nitrogens with zero attached hydrogens (tertiary/aromatic N) is 3. The third-order valence-electron chi connectivity index (χ3n) is 3.00. The highest BCUT2D eigenvalue weighted by Crippen LogP contribution is 2.22. The van der Waals surface area contributed by atoms with Crippen LogP contribution in [0.5, 0.6) is 0 Å². The highest BCUT2D eigenvalue weighted by atomic mass is 16.1. The largest absolute Gasteiger partial charge is 0.368 e. The van der Waals surface area contributed by atoms with E-state index in [1.54, 1.807) is 13.8 Å². The maximum Gasteiger partial charge on any atom is 0.242 e. The smallest absolute Gasteiger partial charge is 0.242 e. The van der Waals surface area contributed by atoms with Crippen molar-refractivity contribution in [3.63, 3.8) is 0 Å². The van der Waals surface area contributed by atoms with Crippen molar-refractivity contribution in [2.75, 3.05) is 5.32 Å². The van der Waals surface area contributed by atoms with Gasteiger partial charge in [-0.05, 0) is 32.3 Å². The van der Waals surface area contributed by atoms with Gasteiger partial charge in [0.05, 0.1) is 5.69 Å². The first-order valence-corrected chi connectivity index (χ1v) is 6.23. The van der Waals surface area contributed by atoms with E-state index < -0.39 is 11.4 Å². The molecule has 0 atom stereocenters. The summed E-state index contributed by atoms with van der Waals surface area (Å²) >= 11 is 0. The van der Waals surface area contributed by atoms with Crippen molar-refractivity contribution < 1.29 is 4.79 Å². The lowest BCUT2D eigenvalue weighted by molar-refractivity contribution is -0.121. The minimum absolute atomic E-state index is 0.306. The summed E-state index contributed by atoms with van der Waals surface area (Å²) in [5, 5.41) is 20.3. The van der Waals surface area contributed by atoms with E-state index in [0.717, 1.165) is 11.3 Å². The van der Waals surface area contributed by atoms with E-state index in [4.69, 9.17) is 5.73 Å². The number of amides is 1. The van der Waals surface area contributed by atoms with Crippen LogP contribution in [0, 0.1) is 11.3 Å². The van der Waals surface area contributed by atoms with Crippen molar-refractivity contribution in [3.05, 3.63) is 16.8 Å². The van der Waals surface area contributed by atoms with Gasteiger partial charge in [-0.2, -0.15) is 10.4 Å². The van der Waals surface area contributed by atoms with Gasteiger partial charge in [-0.15, -0.1) is 5.10 Å². The fourth-order valence-electron chi connectivity index (χ4n) is 1.74. The van der Waals surface area contributed by atoms with Gasteiger partial charge in [0, 0.05) is 0 Å². The predicted molar refractivity (Wildman–Crippen MR) is 72.4 cm³/mol. The van der Waals surface area contributed by atoms with Gasteiger partial charge in [-0.1, -0.05) is 13.8 Å². The number of primary amides is 1. The van der Waals surface area contributed by atoms with Crippen LogP contribution in [0.15, 0.2) is 0 Å². The average Bonchev–Trinajstić information content (AvgIpc) is 2.37. The number of hydrogen-bond acceptors (Lipinski definition) is 5. The van der Waals surface area contributed by atoms with Crippen molar-refractivity contribution in [2.45, 2.75) is 46.1 Å². The molecular weight excluding hydrogens is 242 g/mol. The van der Waals surface area contributed by atoms with Crippen LogP contribution in [0.4, 0.5) is 5.82 Å². The number of nitrogens with one attached hydrogen (secondary N) is 1. The van der Waals surface area contributed by atoms with Crippen molar-refractivity contribution in [3.8, 4) is 6.07 Å². The van der Waals surface area contributed by atoms with Crippen LogP contribution in [0.3, 0.4) is 0 Å². The third kappa shape index (κ3) is 2.99. The summed E-state index contributed by atoms with van der Waals surface area (Å²) in [5.41, 5.74) is 6.42. The molecule has 0 fully saturated rings. The van der Waals surface area contributed by atoms with Crippen molar-refractivity contribution in [1.82, 2.24) is 10.2 Å². The maximum atomic E-state index is 11.3. The molecule has 102 valence electrons. The number of carbonyl (C=O) groups is 1. The summed E-state index contributed by atoms with van der Waals surface area (Å²) in [6.07, 6.45) is 1.40. The number of nitrogens with two attached hydrogens (primary N) is 1. The molecule has 0 spiro atoms. The van der Waals surface area contributed by atoms with E-state index in [0.29, 0.717) is 24.2 Å². The molecule has 1 aromatic heterocycles. The van der Waals surface area contributed by atoms with Gasteiger partial charge in [0.25, 0.3) is 0 Å². The Morgan fingerprint density at radius 3 is 2.42 bits per heavy atom. The van der Waals surface area contributed by atoms with Crippen molar-refractivity contribution in [2.24, 2.45) is 5.73 Å². The number of aromatic nitrogens is 2. The molecular formula is C13H19N5O. The van der Waals surface area contributed by atoms with Crippen LogP contribution in [-0.2, 0) is 17.6 Å². The van der Waals surface area contributed by atoms with Gasteiger partial charge >= 0.3 is 0 Å². The van der Waals surface area contributed by atoms with E-state index in [9.17, 15) is 10.1 Å². The second-order valence-corrected chi connectivity index (χ2v) is 4.78. The van der Waals surface area contributed by atoms with Crippen LogP contribution in [-0.4, -0.2) is 21.6 Å². The molecule has 0 aliphatic heterocycles. The molecule has 1 aromatic rings. The molecule has 0 aliphatic carbocycles. The molecule has 1 amide bonds. The number of carbonyl (C=O) groups excluding carboxylic acids is 1. The second-order valence-electron chi connectivity index (χ2n) is 4.78. The van der Waals surface area contributed by atoms with Crippen LogP contribution in [0.2, 0.25) is 0 Å². The van der Waals surface area contributed by atoms with Gasteiger partial charge in [0.1, 0.15) is 17.2 Å². The Hall–Kier alpha value is -2.16. The first kappa shape index (κ1) is 14.9. The molecule has 1 heterocycles. The number of anilines is 1. The second kappa shape index (κ2) is 5.65. The van der Waals surface area contributed by atoms with Crippen LogP contribution in [0.1, 0.15) is 44.5 Å². The van der Waals surface area contributed by atoms with Crippen LogP contribution in [0.25, 0.3) is 0 Å². The normalized spacial score (nSPS) is 10.9. The molecule has 0 bridgehead atoms. The van der Waals surface area contributed by atoms with E-state index in [1.807, 2.05) is 13.8 Å². The summed E-state index contributed by atoms with van der Waals surface area (Å²) in [5.74, 6) is -0.212. The fourth-order valence-corrected chi connectivity index (χ4v) is 1.74. The number of hydrogen-bond donors (Lipinski definition) is 2. The molecule has 0 saturated heterocycles. The van der Waals surface area contributed by atoms with E-state index in [-0.39, 0.29) is 0 Å². The molecule has 0 aromatic carbocycles. The molecule has 0 saturated carbocycles. The van der Waals surface area contributed by atoms with Crippen molar-refractivity contribution >= 4 is 11.7 Å². The monoisotopic (exact) mass is 261 g/mol. The number of rotatable bonds is 5. The minimum Gasteiger partial charge on any atom is -0.368 e. The maximum absolute atomic E-state index is 11.3. The molecule has 3 N–H and O–H groups in total. The molecule has 0 unspecified atom stereocenters. The fraction of sp³-hybridized carbons (Fsp3) is 0.538. The summed E-state index contributed by atoms with van der Waals surface area (Å²) in [6, 6.07) is 2.13. The zero-order valence-corrected chi connectivity index (χ0v) is 11.7. The SMILES string of the molecule is CCc1nnc(NC(C)(C)C(N)=O)c(C#N)c1CC. The first-order valence-electron chi connectivity index (χ1n) is 6.23.